The van der Waals surface area contributed by atoms with Gasteiger partial charge in [0.05, 0.1) is 11.4 Å². The van der Waals surface area contributed by atoms with Gasteiger partial charge in [0.15, 0.2) is 0 Å². The number of rotatable bonds is 8. The van der Waals surface area contributed by atoms with Crippen LogP contribution in [0.5, 0.6) is 0 Å². The third-order valence-corrected chi connectivity index (χ3v) is 3.74. The van der Waals surface area contributed by atoms with Crippen LogP contribution >= 0.6 is 0 Å². The van der Waals surface area contributed by atoms with Crippen molar-refractivity contribution >= 4 is 15.7 Å². The van der Waals surface area contributed by atoms with Crippen molar-refractivity contribution in [3.05, 3.63) is 30.1 Å². The smallest absolute Gasteiger partial charge is 0.232 e. The van der Waals surface area contributed by atoms with Crippen molar-refractivity contribution in [3.8, 4) is 0 Å². The number of unbranched alkanes of at least 4 members (excludes halogenated alkanes) is 1. The summed E-state index contributed by atoms with van der Waals surface area (Å²) in [6, 6.07) is 5.43. The van der Waals surface area contributed by atoms with Gasteiger partial charge in [-0.2, -0.15) is 0 Å². The molecule has 102 valence electrons. The average Bonchev–Trinajstić information content (AvgIpc) is 2.28. The summed E-state index contributed by atoms with van der Waals surface area (Å²) in [7, 11) is -3.38. The Labute approximate surface area is 108 Å². The summed E-state index contributed by atoms with van der Waals surface area (Å²) in [4.78, 5) is 0. The molecule has 0 aliphatic heterocycles. The number of nitrogens with one attached hydrogen (secondary N) is 2. The topological polar surface area (TPSA) is 58.2 Å². The van der Waals surface area contributed by atoms with E-state index in [1.807, 2.05) is 6.92 Å². The molecule has 0 aliphatic rings. The van der Waals surface area contributed by atoms with Crippen molar-refractivity contribution in [2.45, 2.75) is 19.8 Å². The predicted molar refractivity (Wildman–Crippen MR) is 71.6 cm³/mol. The van der Waals surface area contributed by atoms with E-state index >= 15 is 0 Å². The van der Waals surface area contributed by atoms with E-state index in [-0.39, 0.29) is 11.4 Å². The number of halogens is 1. The van der Waals surface area contributed by atoms with Crippen LogP contribution in [0.3, 0.4) is 0 Å². The molecule has 18 heavy (non-hydrogen) atoms. The van der Waals surface area contributed by atoms with E-state index in [9.17, 15) is 12.8 Å². The number of sulfonamides is 1. The van der Waals surface area contributed by atoms with Crippen molar-refractivity contribution < 1.29 is 12.8 Å². The Morgan fingerprint density at radius 2 is 2.06 bits per heavy atom. The lowest BCUT2D eigenvalue weighted by Crippen LogP contribution is -2.19. The first kappa shape index (κ1) is 14.9. The van der Waals surface area contributed by atoms with E-state index in [2.05, 4.69) is 10.0 Å². The van der Waals surface area contributed by atoms with E-state index in [4.69, 9.17) is 0 Å². The van der Waals surface area contributed by atoms with Crippen LogP contribution in [0.15, 0.2) is 24.3 Å². The molecule has 0 aliphatic carbocycles. The van der Waals surface area contributed by atoms with Crippen molar-refractivity contribution in [2.75, 3.05) is 23.6 Å². The highest BCUT2D eigenvalue weighted by atomic mass is 32.2. The van der Waals surface area contributed by atoms with Crippen molar-refractivity contribution in [3.63, 3.8) is 0 Å². The van der Waals surface area contributed by atoms with Gasteiger partial charge in [-0.25, -0.2) is 12.8 Å². The van der Waals surface area contributed by atoms with Crippen LogP contribution in [0.4, 0.5) is 10.1 Å². The fraction of sp³-hybridized carbons (Fsp3) is 0.500. The monoisotopic (exact) mass is 274 g/mol. The highest BCUT2D eigenvalue weighted by Gasteiger charge is 2.10. The van der Waals surface area contributed by atoms with Crippen molar-refractivity contribution in [2.24, 2.45) is 0 Å². The molecule has 0 unspecified atom stereocenters. The Bertz CT molecular complexity index is 463. The molecule has 6 heteroatoms. The van der Waals surface area contributed by atoms with Gasteiger partial charge in [0.1, 0.15) is 5.82 Å². The molecule has 1 rings (SSSR count). The standard InChI is InChI=1S/C12H19FN2O2S/c1-2-14-8-3-4-9-18(16,17)15-12-7-5-6-11(13)10-12/h5-7,10,14-15H,2-4,8-9H2,1H3. The van der Waals surface area contributed by atoms with Crippen LogP contribution in [-0.2, 0) is 10.0 Å². The fourth-order valence-electron chi connectivity index (χ4n) is 1.50. The molecule has 0 amide bonds. The van der Waals surface area contributed by atoms with Crippen LogP contribution in [0, 0.1) is 5.82 Å². The highest BCUT2D eigenvalue weighted by Crippen LogP contribution is 2.11. The zero-order valence-corrected chi connectivity index (χ0v) is 11.3. The number of hydrogen-bond acceptors (Lipinski definition) is 3. The van der Waals surface area contributed by atoms with Gasteiger partial charge in [0, 0.05) is 0 Å². The third kappa shape index (κ3) is 5.97. The maximum absolute atomic E-state index is 12.9. The van der Waals surface area contributed by atoms with Crippen LogP contribution < -0.4 is 10.0 Å². The van der Waals surface area contributed by atoms with E-state index < -0.39 is 15.8 Å². The van der Waals surface area contributed by atoms with Gasteiger partial charge >= 0.3 is 0 Å². The lowest BCUT2D eigenvalue weighted by molar-refractivity contribution is 0.593. The molecule has 1 aromatic carbocycles. The fourth-order valence-corrected chi connectivity index (χ4v) is 2.67. The normalized spacial score (nSPS) is 11.4. The first-order valence-electron chi connectivity index (χ1n) is 6.00. The second kappa shape index (κ2) is 7.33. The predicted octanol–water partition coefficient (Wildman–Crippen LogP) is 1.96. The molecule has 0 heterocycles. The Morgan fingerprint density at radius 3 is 2.72 bits per heavy atom. The Hall–Kier alpha value is -1.14. The third-order valence-electron chi connectivity index (χ3n) is 2.36. The molecule has 0 fully saturated rings. The van der Waals surface area contributed by atoms with Gasteiger partial charge in [-0.15, -0.1) is 0 Å². The molecular weight excluding hydrogens is 255 g/mol. The van der Waals surface area contributed by atoms with Crippen LogP contribution in [-0.4, -0.2) is 27.3 Å². The maximum Gasteiger partial charge on any atom is 0.232 e. The molecule has 0 spiro atoms. The summed E-state index contributed by atoms with van der Waals surface area (Å²) < 4.78 is 38.6. The number of hydrogen-bond donors (Lipinski definition) is 2. The maximum atomic E-state index is 12.9. The summed E-state index contributed by atoms with van der Waals surface area (Å²) in [5.41, 5.74) is 0.265. The zero-order chi connectivity index (χ0) is 13.4. The average molecular weight is 274 g/mol. The van der Waals surface area contributed by atoms with Gasteiger partial charge in [-0.05, 0) is 44.1 Å². The van der Waals surface area contributed by atoms with E-state index in [1.165, 1.54) is 18.2 Å². The summed E-state index contributed by atoms with van der Waals surface area (Å²) in [6.45, 7) is 3.70. The Morgan fingerprint density at radius 1 is 1.28 bits per heavy atom. The highest BCUT2D eigenvalue weighted by molar-refractivity contribution is 7.92. The Kier molecular flexibility index (Phi) is 6.07. The summed E-state index contributed by atoms with van der Waals surface area (Å²) >= 11 is 0. The minimum atomic E-state index is -3.38. The largest absolute Gasteiger partial charge is 0.317 e. The number of anilines is 1. The van der Waals surface area contributed by atoms with Gasteiger partial charge in [0.2, 0.25) is 10.0 Å². The van der Waals surface area contributed by atoms with Gasteiger partial charge in [-0.1, -0.05) is 13.0 Å². The minimum Gasteiger partial charge on any atom is -0.317 e. The molecule has 2 N–H and O–H groups in total. The van der Waals surface area contributed by atoms with Gasteiger partial charge in [0.25, 0.3) is 0 Å². The second-order valence-electron chi connectivity index (χ2n) is 3.99. The van der Waals surface area contributed by atoms with E-state index in [1.54, 1.807) is 0 Å². The van der Waals surface area contributed by atoms with Crippen molar-refractivity contribution in [1.29, 1.82) is 0 Å². The molecule has 0 bridgehead atoms. The van der Waals surface area contributed by atoms with E-state index in [0.29, 0.717) is 6.42 Å². The summed E-state index contributed by atoms with van der Waals surface area (Å²) in [5.74, 6) is -0.406. The number of benzene rings is 1. The molecule has 0 radical (unpaired) electrons. The molecular formula is C12H19FN2O2S. The molecule has 0 saturated carbocycles. The first-order chi connectivity index (χ1) is 8.53. The summed E-state index contributed by atoms with van der Waals surface area (Å²) in [6.07, 6.45) is 1.38. The lowest BCUT2D eigenvalue weighted by Gasteiger charge is -2.08. The zero-order valence-electron chi connectivity index (χ0n) is 10.4. The SMILES string of the molecule is CCNCCCCS(=O)(=O)Nc1cccc(F)c1. The van der Waals surface area contributed by atoms with E-state index in [0.717, 1.165) is 25.6 Å². The van der Waals surface area contributed by atoms with Gasteiger partial charge in [-0.3, -0.25) is 4.72 Å². The first-order valence-corrected chi connectivity index (χ1v) is 7.65. The van der Waals surface area contributed by atoms with Crippen LogP contribution in [0.1, 0.15) is 19.8 Å². The summed E-state index contributed by atoms with van der Waals surface area (Å²) in [5, 5.41) is 3.13. The molecule has 0 aromatic heterocycles. The molecule has 1 aromatic rings. The second-order valence-corrected chi connectivity index (χ2v) is 5.83. The lowest BCUT2D eigenvalue weighted by atomic mass is 10.3. The minimum absolute atomic E-state index is 0.0505. The molecule has 0 saturated heterocycles. The van der Waals surface area contributed by atoms with Gasteiger partial charge < -0.3 is 5.32 Å². The quantitative estimate of drug-likeness (QED) is 0.712. The van der Waals surface area contributed by atoms with Crippen molar-refractivity contribution in [1.82, 2.24) is 5.32 Å². The van der Waals surface area contributed by atoms with Crippen LogP contribution in [0.25, 0.3) is 0 Å². The van der Waals surface area contributed by atoms with Crippen LogP contribution in [0.2, 0.25) is 0 Å². The Balaban J connectivity index is 2.40. The molecule has 4 nitrogen and oxygen atoms in total. The molecule has 0 atom stereocenters.